The highest BCUT2D eigenvalue weighted by Crippen LogP contribution is 2.29. The van der Waals surface area contributed by atoms with Crippen LogP contribution in [0.3, 0.4) is 0 Å². The molecule has 2 rings (SSSR count). The maximum atomic E-state index is 12.5. The van der Waals surface area contributed by atoms with Gasteiger partial charge in [0, 0.05) is 25.3 Å². The lowest BCUT2D eigenvalue weighted by atomic mass is 10.0. The molecule has 3 heteroatoms. The lowest BCUT2D eigenvalue weighted by molar-refractivity contribution is -0.135. The molecule has 0 radical (unpaired) electrons. The van der Waals surface area contributed by atoms with Gasteiger partial charge in [0.2, 0.25) is 5.91 Å². The Labute approximate surface area is 111 Å². The minimum absolute atomic E-state index is 0.120. The largest absolute Gasteiger partial charge is 0.363 e. The standard InChI is InChI=1S/C15H26N2O/c1-3-16(4-2)15(18)14-11-8-12-17(14)13-9-6-5-7-10-13/h9,14H,3-8,10-12H2,1-2H3/t14-/m0/s1. The van der Waals surface area contributed by atoms with Crippen molar-refractivity contribution in [2.24, 2.45) is 0 Å². The second kappa shape index (κ2) is 6.26. The van der Waals surface area contributed by atoms with E-state index in [4.69, 9.17) is 0 Å². The Kier molecular flexibility index (Phi) is 4.67. The summed E-state index contributed by atoms with van der Waals surface area (Å²) in [5.74, 6) is 0.337. The molecule has 1 heterocycles. The summed E-state index contributed by atoms with van der Waals surface area (Å²) in [6, 6.07) is 0.120. The van der Waals surface area contributed by atoms with Crippen LogP contribution in [0, 0.1) is 0 Å². The number of carbonyl (C=O) groups excluding carboxylic acids is 1. The van der Waals surface area contributed by atoms with Crippen molar-refractivity contribution >= 4 is 5.91 Å². The topological polar surface area (TPSA) is 23.6 Å². The summed E-state index contributed by atoms with van der Waals surface area (Å²) in [6.07, 6.45) is 9.51. The van der Waals surface area contributed by atoms with Gasteiger partial charge in [0.05, 0.1) is 0 Å². The van der Waals surface area contributed by atoms with Crippen LogP contribution in [0.1, 0.15) is 52.4 Å². The lowest BCUT2D eigenvalue weighted by Crippen LogP contribution is -2.45. The van der Waals surface area contributed by atoms with Gasteiger partial charge >= 0.3 is 0 Å². The third-order valence-electron chi connectivity index (χ3n) is 4.25. The maximum absolute atomic E-state index is 12.5. The van der Waals surface area contributed by atoms with E-state index in [0.717, 1.165) is 32.5 Å². The molecule has 0 spiro atoms. The van der Waals surface area contributed by atoms with E-state index in [1.165, 1.54) is 31.4 Å². The minimum Gasteiger partial charge on any atom is -0.363 e. The molecule has 0 aromatic rings. The smallest absolute Gasteiger partial charge is 0.245 e. The summed E-state index contributed by atoms with van der Waals surface area (Å²) in [6.45, 7) is 6.88. The normalized spacial score (nSPS) is 24.0. The Bertz CT molecular complexity index is 320. The lowest BCUT2D eigenvalue weighted by Gasteiger charge is -2.33. The summed E-state index contributed by atoms with van der Waals surface area (Å²) < 4.78 is 0. The van der Waals surface area contributed by atoms with Gasteiger partial charge in [0.1, 0.15) is 6.04 Å². The Morgan fingerprint density at radius 3 is 2.72 bits per heavy atom. The van der Waals surface area contributed by atoms with Crippen LogP contribution in [0.2, 0.25) is 0 Å². The Balaban J connectivity index is 2.07. The molecule has 1 fully saturated rings. The molecule has 0 aromatic heterocycles. The molecule has 3 nitrogen and oxygen atoms in total. The highest BCUT2D eigenvalue weighted by Gasteiger charge is 2.33. The number of likely N-dealkylation sites (N-methyl/N-ethyl adjacent to an activating group) is 1. The number of rotatable bonds is 4. The first-order valence-corrected chi connectivity index (χ1v) is 7.52. The molecule has 18 heavy (non-hydrogen) atoms. The molecule has 1 aliphatic heterocycles. The summed E-state index contributed by atoms with van der Waals surface area (Å²) in [7, 11) is 0. The monoisotopic (exact) mass is 250 g/mol. The first kappa shape index (κ1) is 13.4. The van der Waals surface area contributed by atoms with Gasteiger partial charge in [-0.05, 0) is 52.4 Å². The van der Waals surface area contributed by atoms with E-state index in [2.05, 4.69) is 24.8 Å². The molecule has 0 saturated carbocycles. The zero-order valence-electron chi connectivity index (χ0n) is 11.8. The van der Waals surface area contributed by atoms with Crippen molar-refractivity contribution in [1.29, 1.82) is 0 Å². The number of allylic oxidation sites excluding steroid dienone is 2. The molecule has 1 amide bonds. The second-order valence-corrected chi connectivity index (χ2v) is 5.30. The molecule has 0 bridgehead atoms. The number of hydrogen-bond acceptors (Lipinski definition) is 2. The number of carbonyl (C=O) groups is 1. The summed E-state index contributed by atoms with van der Waals surface area (Å²) in [5, 5.41) is 0. The van der Waals surface area contributed by atoms with Crippen LogP contribution in [-0.2, 0) is 4.79 Å². The van der Waals surface area contributed by atoms with Crippen LogP contribution in [0.4, 0.5) is 0 Å². The van der Waals surface area contributed by atoms with Gasteiger partial charge in [0.15, 0.2) is 0 Å². The third kappa shape index (κ3) is 2.70. The van der Waals surface area contributed by atoms with E-state index in [-0.39, 0.29) is 6.04 Å². The zero-order chi connectivity index (χ0) is 13.0. The molecule has 1 saturated heterocycles. The molecule has 1 aliphatic carbocycles. The van der Waals surface area contributed by atoms with Crippen molar-refractivity contribution in [3.63, 3.8) is 0 Å². The highest BCUT2D eigenvalue weighted by atomic mass is 16.2. The minimum atomic E-state index is 0.120. The van der Waals surface area contributed by atoms with Gasteiger partial charge in [-0.1, -0.05) is 6.08 Å². The number of likely N-dealkylation sites (tertiary alicyclic amines) is 1. The van der Waals surface area contributed by atoms with E-state index < -0.39 is 0 Å². The van der Waals surface area contributed by atoms with Crippen LogP contribution in [0.25, 0.3) is 0 Å². The molecule has 102 valence electrons. The van der Waals surface area contributed by atoms with E-state index in [0.29, 0.717) is 5.91 Å². The SMILES string of the molecule is CCN(CC)C(=O)[C@@H]1CCCN1C1=CCCCC1. The van der Waals surface area contributed by atoms with Crippen LogP contribution in [0.15, 0.2) is 11.8 Å². The first-order chi connectivity index (χ1) is 8.77. The fourth-order valence-electron chi connectivity index (χ4n) is 3.20. The predicted octanol–water partition coefficient (Wildman–Crippen LogP) is 2.78. The Morgan fingerprint density at radius 2 is 2.11 bits per heavy atom. The maximum Gasteiger partial charge on any atom is 0.245 e. The summed E-state index contributed by atoms with van der Waals surface area (Å²) in [4.78, 5) is 16.9. The first-order valence-electron chi connectivity index (χ1n) is 7.52. The zero-order valence-corrected chi connectivity index (χ0v) is 11.8. The third-order valence-corrected chi connectivity index (χ3v) is 4.25. The average Bonchev–Trinajstić information content (AvgIpc) is 2.90. The number of amides is 1. The fraction of sp³-hybridized carbons (Fsp3) is 0.800. The van der Waals surface area contributed by atoms with Crippen LogP contribution >= 0.6 is 0 Å². The van der Waals surface area contributed by atoms with Crippen molar-refractivity contribution in [2.45, 2.75) is 58.4 Å². The van der Waals surface area contributed by atoms with Crippen molar-refractivity contribution in [3.05, 3.63) is 11.8 Å². The average molecular weight is 250 g/mol. The summed E-state index contributed by atoms with van der Waals surface area (Å²) in [5.41, 5.74) is 1.43. The molecular weight excluding hydrogens is 224 g/mol. The van der Waals surface area contributed by atoms with E-state index in [1.807, 2.05) is 4.90 Å². The van der Waals surface area contributed by atoms with Crippen LogP contribution in [-0.4, -0.2) is 41.4 Å². The molecule has 0 N–H and O–H groups in total. The molecule has 0 unspecified atom stereocenters. The predicted molar refractivity (Wildman–Crippen MR) is 74.2 cm³/mol. The Hall–Kier alpha value is -0.990. The van der Waals surface area contributed by atoms with Crippen LogP contribution < -0.4 is 0 Å². The fourth-order valence-corrected chi connectivity index (χ4v) is 3.20. The van der Waals surface area contributed by atoms with E-state index in [1.54, 1.807) is 0 Å². The van der Waals surface area contributed by atoms with Crippen molar-refractivity contribution in [1.82, 2.24) is 9.80 Å². The van der Waals surface area contributed by atoms with Crippen molar-refractivity contribution < 1.29 is 4.79 Å². The van der Waals surface area contributed by atoms with Gasteiger partial charge in [-0.15, -0.1) is 0 Å². The molecule has 2 aliphatic rings. The van der Waals surface area contributed by atoms with Crippen molar-refractivity contribution in [3.8, 4) is 0 Å². The van der Waals surface area contributed by atoms with E-state index >= 15 is 0 Å². The highest BCUT2D eigenvalue weighted by molar-refractivity contribution is 5.82. The van der Waals surface area contributed by atoms with Gasteiger partial charge in [-0.25, -0.2) is 0 Å². The molecular formula is C15H26N2O. The van der Waals surface area contributed by atoms with Gasteiger partial charge < -0.3 is 9.80 Å². The van der Waals surface area contributed by atoms with Gasteiger partial charge in [-0.2, -0.15) is 0 Å². The number of hydrogen-bond donors (Lipinski definition) is 0. The second-order valence-electron chi connectivity index (χ2n) is 5.30. The van der Waals surface area contributed by atoms with Gasteiger partial charge in [-0.3, -0.25) is 4.79 Å². The summed E-state index contributed by atoms with van der Waals surface area (Å²) >= 11 is 0. The Morgan fingerprint density at radius 1 is 1.33 bits per heavy atom. The molecule has 1 atom stereocenters. The van der Waals surface area contributed by atoms with E-state index in [9.17, 15) is 4.79 Å². The van der Waals surface area contributed by atoms with Crippen LogP contribution in [0.5, 0.6) is 0 Å². The quantitative estimate of drug-likeness (QED) is 0.766. The molecule has 0 aromatic carbocycles. The van der Waals surface area contributed by atoms with Crippen molar-refractivity contribution in [2.75, 3.05) is 19.6 Å². The number of nitrogens with zero attached hydrogens (tertiary/aromatic N) is 2. The van der Waals surface area contributed by atoms with Gasteiger partial charge in [0.25, 0.3) is 0 Å².